The van der Waals surface area contributed by atoms with Gasteiger partial charge in [0.2, 0.25) is 0 Å². The average Bonchev–Trinajstić information content (AvgIpc) is 2.64. The van der Waals surface area contributed by atoms with Crippen LogP contribution in [0.15, 0.2) is 0 Å². The van der Waals surface area contributed by atoms with Crippen LogP contribution < -0.4 is 0 Å². The van der Waals surface area contributed by atoms with Gasteiger partial charge in [0.15, 0.2) is 0 Å². The Morgan fingerprint density at radius 1 is 0.833 bits per heavy atom. The van der Waals surface area contributed by atoms with Crippen LogP contribution in [0.25, 0.3) is 0 Å². The highest BCUT2D eigenvalue weighted by Gasteiger charge is 2.51. The van der Waals surface area contributed by atoms with Gasteiger partial charge in [0.05, 0.1) is 13.2 Å². The van der Waals surface area contributed by atoms with Crippen molar-refractivity contribution < 1.29 is 40.1 Å². The van der Waals surface area contributed by atoms with E-state index in [0.29, 0.717) is 0 Å². The van der Waals surface area contributed by atoms with Crippen molar-refractivity contribution in [2.24, 2.45) is 0 Å². The zero-order valence-electron chi connectivity index (χ0n) is 9.53. The molecule has 2 heterocycles. The molecule has 0 spiro atoms. The van der Waals surface area contributed by atoms with Crippen molar-refractivity contribution in [3.8, 4) is 0 Å². The molecule has 2 fully saturated rings. The molecule has 2 saturated heterocycles. The summed E-state index contributed by atoms with van der Waals surface area (Å²) in [4.78, 5) is 0. The zero-order valence-corrected chi connectivity index (χ0v) is 9.53. The van der Waals surface area contributed by atoms with Gasteiger partial charge in [0.1, 0.15) is 48.8 Å². The Hall–Kier alpha value is -0.320. The molecule has 8 atom stereocenters. The predicted molar refractivity (Wildman–Crippen MR) is 55.5 cm³/mol. The second-order valence-corrected chi connectivity index (χ2v) is 4.65. The number of aliphatic hydroxyl groups is 6. The monoisotopic (exact) mass is 266 g/mol. The summed E-state index contributed by atoms with van der Waals surface area (Å²) in [7, 11) is 0. The summed E-state index contributed by atoms with van der Waals surface area (Å²) in [5, 5.41) is 56.9. The quantitative estimate of drug-likeness (QED) is 0.297. The van der Waals surface area contributed by atoms with Crippen molar-refractivity contribution in [1.29, 1.82) is 0 Å². The lowest BCUT2D eigenvalue weighted by molar-refractivity contribution is -0.223. The molecule has 2 aliphatic heterocycles. The Labute approximate surface area is 103 Å². The molecule has 0 aromatic rings. The second-order valence-electron chi connectivity index (χ2n) is 4.65. The van der Waals surface area contributed by atoms with Gasteiger partial charge in [-0.1, -0.05) is 0 Å². The van der Waals surface area contributed by atoms with Crippen LogP contribution in [0.4, 0.5) is 0 Å². The third kappa shape index (κ3) is 2.26. The summed E-state index contributed by atoms with van der Waals surface area (Å²) < 4.78 is 10.3. The van der Waals surface area contributed by atoms with E-state index in [1.54, 1.807) is 0 Å². The van der Waals surface area contributed by atoms with Crippen molar-refractivity contribution in [2.45, 2.75) is 48.8 Å². The fourth-order valence-electron chi connectivity index (χ4n) is 2.32. The number of hydrogen-bond donors (Lipinski definition) is 6. The van der Waals surface area contributed by atoms with E-state index >= 15 is 0 Å². The first-order valence-electron chi connectivity index (χ1n) is 5.75. The molecule has 0 bridgehead atoms. The molecule has 6 N–H and O–H groups in total. The minimum Gasteiger partial charge on any atom is -0.394 e. The minimum absolute atomic E-state index is 0.213. The third-order valence-electron chi connectivity index (χ3n) is 3.44. The number of aliphatic hydroxyl groups excluding tert-OH is 6. The smallest absolute Gasteiger partial charge is 0.115 e. The molecular weight excluding hydrogens is 248 g/mol. The zero-order chi connectivity index (χ0) is 13.4. The molecule has 2 aliphatic rings. The van der Waals surface area contributed by atoms with Crippen LogP contribution in [0.3, 0.4) is 0 Å². The molecule has 0 radical (unpaired) electrons. The van der Waals surface area contributed by atoms with E-state index in [9.17, 15) is 25.5 Å². The van der Waals surface area contributed by atoms with Gasteiger partial charge in [-0.3, -0.25) is 0 Å². The molecule has 106 valence electrons. The van der Waals surface area contributed by atoms with E-state index in [-0.39, 0.29) is 6.61 Å². The Kier molecular flexibility index (Phi) is 4.19. The van der Waals surface area contributed by atoms with Crippen LogP contribution in [0.2, 0.25) is 0 Å². The molecule has 0 aromatic carbocycles. The summed E-state index contributed by atoms with van der Waals surface area (Å²) in [5.74, 6) is 0. The molecule has 0 aliphatic carbocycles. The first-order valence-corrected chi connectivity index (χ1v) is 5.75. The SMILES string of the molecule is OC[C@H]1O[C@@H]([C@H]2OC[C@H](O)[C@H](O)[C@@H]2O)[C@H](O)[C@@H]1O. The minimum atomic E-state index is -1.45. The largest absolute Gasteiger partial charge is 0.394 e. The van der Waals surface area contributed by atoms with Gasteiger partial charge in [0.25, 0.3) is 0 Å². The highest BCUT2D eigenvalue weighted by molar-refractivity contribution is 5.00. The van der Waals surface area contributed by atoms with Gasteiger partial charge in [-0.2, -0.15) is 0 Å². The van der Waals surface area contributed by atoms with Crippen molar-refractivity contribution >= 4 is 0 Å². The summed E-state index contributed by atoms with van der Waals surface area (Å²) in [6.45, 7) is -0.696. The average molecular weight is 266 g/mol. The number of rotatable bonds is 2. The summed E-state index contributed by atoms with van der Waals surface area (Å²) in [6, 6.07) is 0. The molecule has 0 saturated carbocycles. The fourth-order valence-corrected chi connectivity index (χ4v) is 2.32. The highest BCUT2D eigenvalue weighted by atomic mass is 16.6. The van der Waals surface area contributed by atoms with E-state index in [1.165, 1.54) is 0 Å². The van der Waals surface area contributed by atoms with Gasteiger partial charge < -0.3 is 40.1 Å². The molecule has 18 heavy (non-hydrogen) atoms. The summed E-state index contributed by atoms with van der Waals surface area (Å²) in [6.07, 6.45) is -9.83. The lowest BCUT2D eigenvalue weighted by atomic mass is 9.93. The molecule has 8 nitrogen and oxygen atoms in total. The fraction of sp³-hybridized carbons (Fsp3) is 1.00. The van der Waals surface area contributed by atoms with Crippen molar-refractivity contribution in [1.82, 2.24) is 0 Å². The van der Waals surface area contributed by atoms with Crippen LogP contribution in [0, 0.1) is 0 Å². The van der Waals surface area contributed by atoms with Gasteiger partial charge in [-0.05, 0) is 0 Å². The first-order chi connectivity index (χ1) is 8.47. The highest BCUT2D eigenvalue weighted by Crippen LogP contribution is 2.29. The lowest BCUT2D eigenvalue weighted by Crippen LogP contribution is -2.58. The van der Waals surface area contributed by atoms with Crippen molar-refractivity contribution in [3.63, 3.8) is 0 Å². The van der Waals surface area contributed by atoms with Gasteiger partial charge in [-0.25, -0.2) is 0 Å². The summed E-state index contributed by atoms with van der Waals surface area (Å²) in [5.41, 5.74) is 0. The Bertz CT molecular complexity index is 287. The maximum Gasteiger partial charge on any atom is 0.115 e. The van der Waals surface area contributed by atoms with Gasteiger partial charge >= 0.3 is 0 Å². The van der Waals surface area contributed by atoms with E-state index in [1.807, 2.05) is 0 Å². The van der Waals surface area contributed by atoms with Crippen LogP contribution in [0.1, 0.15) is 0 Å². The third-order valence-corrected chi connectivity index (χ3v) is 3.44. The maximum atomic E-state index is 9.76. The van der Waals surface area contributed by atoms with Gasteiger partial charge in [-0.15, -0.1) is 0 Å². The van der Waals surface area contributed by atoms with E-state index in [0.717, 1.165) is 0 Å². The van der Waals surface area contributed by atoms with Gasteiger partial charge in [0, 0.05) is 0 Å². The maximum absolute atomic E-state index is 9.76. The van der Waals surface area contributed by atoms with Crippen molar-refractivity contribution in [2.75, 3.05) is 13.2 Å². The molecule has 0 unspecified atom stereocenters. The van der Waals surface area contributed by atoms with Crippen LogP contribution in [0.5, 0.6) is 0 Å². The molecular formula is C10H18O8. The van der Waals surface area contributed by atoms with Crippen LogP contribution in [-0.2, 0) is 9.47 Å². The van der Waals surface area contributed by atoms with Crippen molar-refractivity contribution in [3.05, 3.63) is 0 Å². The van der Waals surface area contributed by atoms with E-state index in [2.05, 4.69) is 0 Å². The number of ether oxygens (including phenoxy) is 2. The number of hydrogen-bond acceptors (Lipinski definition) is 8. The normalized spacial score (nSPS) is 53.7. The molecule has 2 rings (SSSR count). The molecule has 0 aromatic heterocycles. The predicted octanol–water partition coefficient (Wildman–Crippen LogP) is -4.05. The standard InChI is InChI=1S/C10H18O8/c11-1-4-6(14)8(16)10(18-4)9-7(15)5(13)3(12)2-17-9/h3-16H,1-2H2/t3-,4+,5-,6+,7-,8+,9-,10+/m0/s1. The van der Waals surface area contributed by atoms with Crippen LogP contribution in [-0.4, -0.2) is 92.7 Å². The molecule has 8 heteroatoms. The Balaban J connectivity index is 2.08. The van der Waals surface area contributed by atoms with E-state index in [4.69, 9.17) is 14.6 Å². The lowest BCUT2D eigenvalue weighted by Gasteiger charge is -2.38. The first kappa shape index (κ1) is 14.1. The molecule has 0 amide bonds. The second kappa shape index (κ2) is 5.35. The van der Waals surface area contributed by atoms with Crippen LogP contribution >= 0.6 is 0 Å². The van der Waals surface area contributed by atoms with E-state index < -0.39 is 55.4 Å². The Morgan fingerprint density at radius 3 is 2.00 bits per heavy atom. The topological polar surface area (TPSA) is 140 Å². The Morgan fingerprint density at radius 2 is 1.44 bits per heavy atom. The summed E-state index contributed by atoms with van der Waals surface area (Å²) >= 11 is 0.